The summed E-state index contributed by atoms with van der Waals surface area (Å²) in [5.74, 6) is -0.322. The Morgan fingerprint density at radius 1 is 1.16 bits per heavy atom. The number of pyridine rings is 1. The highest BCUT2D eigenvalue weighted by Crippen LogP contribution is 2.23. The fraction of sp³-hybridized carbons (Fsp3) is 0.316. The number of carbonyl (C=O) groups is 2. The van der Waals surface area contributed by atoms with Gasteiger partial charge in [-0.2, -0.15) is 0 Å². The lowest BCUT2D eigenvalue weighted by Gasteiger charge is -2.25. The predicted molar refractivity (Wildman–Crippen MR) is 99.8 cm³/mol. The number of aromatic nitrogens is 1. The summed E-state index contributed by atoms with van der Waals surface area (Å²) in [4.78, 5) is 31.5. The molecule has 1 aromatic heterocycles. The Morgan fingerprint density at radius 3 is 2.44 bits per heavy atom. The van der Waals surface area contributed by atoms with Crippen molar-refractivity contribution in [2.75, 3.05) is 25.0 Å². The average Bonchev–Trinajstić information content (AvgIpc) is 2.60. The van der Waals surface area contributed by atoms with Gasteiger partial charge in [-0.3, -0.25) is 14.6 Å². The van der Waals surface area contributed by atoms with Crippen molar-refractivity contribution in [1.82, 2.24) is 9.88 Å². The molecule has 0 aliphatic heterocycles. The van der Waals surface area contributed by atoms with Crippen molar-refractivity contribution in [1.29, 1.82) is 0 Å². The van der Waals surface area contributed by atoms with Crippen LogP contribution >= 0.6 is 11.6 Å². The fourth-order valence-electron chi connectivity index (χ4n) is 2.36. The third kappa shape index (κ3) is 5.29. The molecule has 25 heavy (non-hydrogen) atoms. The van der Waals surface area contributed by atoms with Crippen molar-refractivity contribution in [3.05, 3.63) is 58.9 Å². The van der Waals surface area contributed by atoms with Crippen LogP contribution in [0.25, 0.3) is 0 Å². The quantitative estimate of drug-likeness (QED) is 0.796. The van der Waals surface area contributed by atoms with Gasteiger partial charge in [0.1, 0.15) is 6.54 Å². The molecule has 0 saturated carbocycles. The first-order valence-corrected chi connectivity index (χ1v) is 8.43. The van der Waals surface area contributed by atoms with E-state index >= 15 is 0 Å². The molecule has 0 unspecified atom stereocenters. The molecule has 132 valence electrons. The summed E-state index contributed by atoms with van der Waals surface area (Å²) in [7, 11) is 1.74. The third-order valence-electron chi connectivity index (χ3n) is 4.05. The fourth-order valence-corrected chi connectivity index (χ4v) is 2.54. The van der Waals surface area contributed by atoms with Crippen LogP contribution in [0.5, 0.6) is 0 Å². The summed E-state index contributed by atoms with van der Waals surface area (Å²) in [6, 6.07) is 9.20. The molecule has 0 radical (unpaired) electrons. The highest BCUT2D eigenvalue weighted by atomic mass is 35.5. The van der Waals surface area contributed by atoms with Crippen molar-refractivity contribution in [3.63, 3.8) is 0 Å². The Hall–Kier alpha value is -2.40. The standard InChI is InChI=1S/C19H22ClN3O2/c1-14-4-5-17(12-18(14)20)23(15(2)24)13-19(25)22(3)11-8-16-6-9-21-10-7-16/h4-7,9-10,12H,8,11,13H2,1-3H3. The Balaban J connectivity index is 2.01. The lowest BCUT2D eigenvalue weighted by molar-refractivity contribution is -0.130. The minimum absolute atomic E-state index is 0.0123. The number of hydrogen-bond acceptors (Lipinski definition) is 3. The topological polar surface area (TPSA) is 53.5 Å². The van der Waals surface area contributed by atoms with E-state index in [2.05, 4.69) is 4.98 Å². The largest absolute Gasteiger partial charge is 0.344 e. The summed E-state index contributed by atoms with van der Waals surface area (Å²) in [6.07, 6.45) is 4.20. The van der Waals surface area contributed by atoms with Gasteiger partial charge in [0, 0.05) is 43.6 Å². The number of aryl methyl sites for hydroxylation is 1. The second-order valence-corrected chi connectivity index (χ2v) is 6.37. The SMILES string of the molecule is CC(=O)N(CC(=O)N(C)CCc1ccncc1)c1ccc(C)c(Cl)c1. The number of hydrogen-bond donors (Lipinski definition) is 0. The van der Waals surface area contributed by atoms with Crippen molar-refractivity contribution in [3.8, 4) is 0 Å². The third-order valence-corrected chi connectivity index (χ3v) is 4.46. The second-order valence-electron chi connectivity index (χ2n) is 5.96. The maximum absolute atomic E-state index is 12.5. The molecule has 6 heteroatoms. The highest BCUT2D eigenvalue weighted by molar-refractivity contribution is 6.31. The molecule has 0 bridgehead atoms. The Bertz CT molecular complexity index is 750. The first-order chi connectivity index (χ1) is 11.9. The van der Waals surface area contributed by atoms with E-state index in [9.17, 15) is 9.59 Å². The number of carbonyl (C=O) groups excluding carboxylic acids is 2. The van der Waals surface area contributed by atoms with Gasteiger partial charge in [-0.05, 0) is 48.7 Å². The van der Waals surface area contributed by atoms with Crippen LogP contribution in [0.1, 0.15) is 18.1 Å². The summed E-state index contributed by atoms with van der Waals surface area (Å²) in [5, 5.41) is 0.572. The average molecular weight is 360 g/mol. The molecular formula is C19H22ClN3O2. The Kier molecular flexibility index (Phi) is 6.53. The molecule has 2 amide bonds. The van der Waals surface area contributed by atoms with E-state index in [-0.39, 0.29) is 18.4 Å². The summed E-state index contributed by atoms with van der Waals surface area (Å²) in [6.45, 7) is 3.89. The summed E-state index contributed by atoms with van der Waals surface area (Å²) in [5.41, 5.74) is 2.66. The number of benzene rings is 1. The molecule has 0 N–H and O–H groups in total. The monoisotopic (exact) mass is 359 g/mol. The lowest BCUT2D eigenvalue weighted by atomic mass is 10.2. The molecule has 0 aliphatic rings. The maximum atomic E-state index is 12.5. The van der Waals surface area contributed by atoms with Crippen LogP contribution in [-0.4, -0.2) is 41.8 Å². The number of halogens is 1. The van der Waals surface area contributed by atoms with Crippen molar-refractivity contribution >= 4 is 29.1 Å². The number of nitrogens with zero attached hydrogens (tertiary/aromatic N) is 3. The van der Waals surface area contributed by atoms with E-state index in [1.54, 1.807) is 36.5 Å². The number of rotatable bonds is 6. The van der Waals surface area contributed by atoms with Gasteiger partial charge < -0.3 is 9.80 Å². The van der Waals surface area contributed by atoms with Crippen molar-refractivity contribution < 1.29 is 9.59 Å². The van der Waals surface area contributed by atoms with E-state index in [1.165, 1.54) is 11.8 Å². The second kappa shape index (κ2) is 8.62. The van der Waals surface area contributed by atoms with Gasteiger partial charge in [-0.15, -0.1) is 0 Å². The number of likely N-dealkylation sites (N-methyl/N-ethyl adjacent to an activating group) is 1. The van der Waals surface area contributed by atoms with Crippen LogP contribution < -0.4 is 4.90 Å². The molecule has 2 rings (SSSR count). The minimum Gasteiger partial charge on any atom is -0.344 e. The number of amides is 2. The first kappa shape index (κ1) is 18.9. The molecular weight excluding hydrogens is 338 g/mol. The normalized spacial score (nSPS) is 10.4. The van der Waals surface area contributed by atoms with Gasteiger partial charge >= 0.3 is 0 Å². The first-order valence-electron chi connectivity index (χ1n) is 8.05. The zero-order valence-electron chi connectivity index (χ0n) is 14.7. The van der Waals surface area contributed by atoms with Gasteiger partial charge in [-0.1, -0.05) is 17.7 Å². The number of anilines is 1. The molecule has 0 saturated heterocycles. The summed E-state index contributed by atoms with van der Waals surface area (Å²) >= 11 is 6.14. The molecule has 5 nitrogen and oxygen atoms in total. The van der Waals surface area contributed by atoms with Crippen LogP contribution in [0, 0.1) is 6.92 Å². The molecule has 1 heterocycles. The van der Waals surface area contributed by atoms with E-state index in [1.807, 2.05) is 25.1 Å². The van der Waals surface area contributed by atoms with E-state index in [4.69, 9.17) is 11.6 Å². The molecule has 1 aromatic carbocycles. The molecule has 0 spiro atoms. The summed E-state index contributed by atoms with van der Waals surface area (Å²) < 4.78 is 0. The van der Waals surface area contributed by atoms with Gasteiger partial charge in [0.25, 0.3) is 0 Å². The highest BCUT2D eigenvalue weighted by Gasteiger charge is 2.19. The van der Waals surface area contributed by atoms with Crippen molar-refractivity contribution in [2.24, 2.45) is 0 Å². The van der Waals surface area contributed by atoms with Crippen LogP contribution in [0.3, 0.4) is 0 Å². The smallest absolute Gasteiger partial charge is 0.242 e. The van der Waals surface area contributed by atoms with Crippen LogP contribution in [0.4, 0.5) is 5.69 Å². The van der Waals surface area contributed by atoms with Gasteiger partial charge in [0.2, 0.25) is 11.8 Å². The van der Waals surface area contributed by atoms with Crippen LogP contribution in [0.15, 0.2) is 42.7 Å². The minimum atomic E-state index is -0.198. The van der Waals surface area contributed by atoms with E-state index in [0.29, 0.717) is 17.3 Å². The van der Waals surface area contributed by atoms with Gasteiger partial charge in [0.15, 0.2) is 0 Å². The van der Waals surface area contributed by atoms with E-state index < -0.39 is 0 Å². The van der Waals surface area contributed by atoms with E-state index in [0.717, 1.165) is 17.5 Å². The maximum Gasteiger partial charge on any atom is 0.242 e. The zero-order valence-corrected chi connectivity index (χ0v) is 15.5. The molecule has 0 atom stereocenters. The molecule has 0 fully saturated rings. The Morgan fingerprint density at radius 2 is 1.84 bits per heavy atom. The van der Waals surface area contributed by atoms with Gasteiger partial charge in [0.05, 0.1) is 0 Å². The predicted octanol–water partition coefficient (Wildman–Crippen LogP) is 3.10. The zero-order chi connectivity index (χ0) is 18.4. The lowest BCUT2D eigenvalue weighted by Crippen LogP contribution is -2.41. The Labute approximate surface area is 153 Å². The van der Waals surface area contributed by atoms with Crippen LogP contribution in [0.2, 0.25) is 5.02 Å². The van der Waals surface area contributed by atoms with Crippen LogP contribution in [-0.2, 0) is 16.0 Å². The molecule has 2 aromatic rings. The van der Waals surface area contributed by atoms with Crippen molar-refractivity contribution in [2.45, 2.75) is 20.3 Å². The molecule has 0 aliphatic carbocycles. The van der Waals surface area contributed by atoms with Gasteiger partial charge in [-0.25, -0.2) is 0 Å².